The van der Waals surface area contributed by atoms with E-state index < -0.39 is 0 Å². The highest BCUT2D eigenvalue weighted by molar-refractivity contribution is 6.03. The van der Waals surface area contributed by atoms with Crippen LogP contribution in [0.15, 0.2) is 91.1 Å². The summed E-state index contributed by atoms with van der Waals surface area (Å²) in [7, 11) is 0. The number of hydrogen-bond acceptors (Lipinski definition) is 4. The van der Waals surface area contributed by atoms with E-state index in [-0.39, 0.29) is 0 Å². The lowest BCUT2D eigenvalue weighted by Gasteiger charge is -2.08. The van der Waals surface area contributed by atoms with Gasteiger partial charge in [-0.15, -0.1) is 0 Å². The van der Waals surface area contributed by atoms with E-state index in [1.807, 2.05) is 66.7 Å². The van der Waals surface area contributed by atoms with Crippen molar-refractivity contribution < 1.29 is 4.74 Å². The van der Waals surface area contributed by atoms with Crippen LogP contribution in [0.5, 0.6) is 11.6 Å². The van der Waals surface area contributed by atoms with Crippen LogP contribution in [0.25, 0.3) is 33.2 Å². The predicted octanol–water partition coefficient (Wildman–Crippen LogP) is 5.64. The highest BCUT2D eigenvalue weighted by Crippen LogP contribution is 2.27. The highest BCUT2D eigenvalue weighted by Gasteiger charge is 2.08. The molecule has 0 N–H and O–H groups in total. The smallest absolute Gasteiger partial charge is 0.219 e. The van der Waals surface area contributed by atoms with E-state index in [1.54, 1.807) is 6.20 Å². The molecule has 0 bridgehead atoms. The summed E-state index contributed by atoms with van der Waals surface area (Å²) in [5.74, 6) is 1.29. The molecule has 27 heavy (non-hydrogen) atoms. The normalized spacial score (nSPS) is 11.0. The standard InChI is InChI=1S/C23H15N3O/c1-2-7-18(8-3-1)27-21-10-4-9-19(25-21)20-14-13-17-12-11-16-6-5-15-24-22(16)23(17)26-20/h1-15H. The van der Waals surface area contributed by atoms with E-state index in [1.165, 1.54) is 0 Å². The third-order valence-electron chi connectivity index (χ3n) is 4.38. The van der Waals surface area contributed by atoms with E-state index in [0.29, 0.717) is 5.88 Å². The third-order valence-corrected chi connectivity index (χ3v) is 4.38. The Hall–Kier alpha value is -3.79. The van der Waals surface area contributed by atoms with E-state index in [2.05, 4.69) is 28.2 Å². The lowest BCUT2D eigenvalue weighted by atomic mass is 10.1. The number of nitrogens with zero attached hydrogens (tertiary/aromatic N) is 3. The number of benzene rings is 2. The molecule has 0 saturated heterocycles. The molecule has 0 amide bonds. The van der Waals surface area contributed by atoms with Crippen molar-refractivity contribution >= 4 is 21.8 Å². The lowest BCUT2D eigenvalue weighted by Crippen LogP contribution is -1.93. The van der Waals surface area contributed by atoms with Crippen molar-refractivity contribution in [1.29, 1.82) is 0 Å². The fourth-order valence-corrected chi connectivity index (χ4v) is 3.09. The van der Waals surface area contributed by atoms with Crippen molar-refractivity contribution in [3.63, 3.8) is 0 Å². The zero-order valence-electron chi connectivity index (χ0n) is 14.4. The van der Waals surface area contributed by atoms with Gasteiger partial charge in [0.15, 0.2) is 0 Å². The average Bonchev–Trinajstić information content (AvgIpc) is 2.74. The van der Waals surface area contributed by atoms with Crippen molar-refractivity contribution in [3.05, 3.63) is 91.1 Å². The van der Waals surface area contributed by atoms with Gasteiger partial charge in [-0.05, 0) is 30.3 Å². The minimum Gasteiger partial charge on any atom is -0.439 e. The minimum absolute atomic E-state index is 0.539. The SMILES string of the molecule is c1ccc(Oc2cccc(-c3ccc4ccc5cccnc5c4n3)n2)cc1. The molecular formula is C23H15N3O. The number of fused-ring (bicyclic) bond motifs is 3. The van der Waals surface area contributed by atoms with E-state index >= 15 is 0 Å². The molecule has 4 heteroatoms. The maximum absolute atomic E-state index is 5.85. The molecule has 0 spiro atoms. The van der Waals surface area contributed by atoms with Crippen LogP contribution >= 0.6 is 0 Å². The van der Waals surface area contributed by atoms with Gasteiger partial charge in [-0.25, -0.2) is 9.97 Å². The lowest BCUT2D eigenvalue weighted by molar-refractivity contribution is 0.463. The van der Waals surface area contributed by atoms with Crippen LogP contribution in [0.1, 0.15) is 0 Å². The van der Waals surface area contributed by atoms with Gasteiger partial charge in [0.05, 0.1) is 22.4 Å². The largest absolute Gasteiger partial charge is 0.439 e. The second-order valence-electron chi connectivity index (χ2n) is 6.19. The number of aromatic nitrogens is 3. The van der Waals surface area contributed by atoms with E-state index in [4.69, 9.17) is 9.72 Å². The summed E-state index contributed by atoms with van der Waals surface area (Å²) < 4.78 is 5.85. The first-order valence-electron chi connectivity index (χ1n) is 8.72. The molecule has 0 saturated carbocycles. The molecule has 0 fully saturated rings. The molecule has 128 valence electrons. The summed E-state index contributed by atoms with van der Waals surface area (Å²) in [5, 5.41) is 2.13. The van der Waals surface area contributed by atoms with Crippen LogP contribution in [-0.4, -0.2) is 15.0 Å². The maximum Gasteiger partial charge on any atom is 0.219 e. The first-order chi connectivity index (χ1) is 13.4. The Kier molecular flexibility index (Phi) is 3.72. The van der Waals surface area contributed by atoms with Gasteiger partial charge in [0.2, 0.25) is 5.88 Å². The molecular weight excluding hydrogens is 334 g/mol. The predicted molar refractivity (Wildman–Crippen MR) is 107 cm³/mol. The molecule has 3 aromatic heterocycles. The second kappa shape index (κ2) is 6.50. The molecule has 0 aliphatic heterocycles. The average molecular weight is 349 g/mol. The van der Waals surface area contributed by atoms with Crippen molar-refractivity contribution in [2.45, 2.75) is 0 Å². The van der Waals surface area contributed by atoms with Gasteiger partial charge in [0.25, 0.3) is 0 Å². The van der Waals surface area contributed by atoms with Gasteiger partial charge < -0.3 is 4.74 Å². The number of para-hydroxylation sites is 1. The first-order valence-corrected chi connectivity index (χ1v) is 8.72. The van der Waals surface area contributed by atoms with Gasteiger partial charge in [-0.3, -0.25) is 4.98 Å². The van der Waals surface area contributed by atoms with Crippen LogP contribution < -0.4 is 4.74 Å². The molecule has 0 unspecified atom stereocenters. The summed E-state index contributed by atoms with van der Waals surface area (Å²) in [6, 6.07) is 27.5. The molecule has 2 aromatic carbocycles. The van der Waals surface area contributed by atoms with Crippen LogP contribution in [0.4, 0.5) is 0 Å². The highest BCUT2D eigenvalue weighted by atomic mass is 16.5. The van der Waals surface area contributed by atoms with Gasteiger partial charge >= 0.3 is 0 Å². The second-order valence-corrected chi connectivity index (χ2v) is 6.19. The molecule has 5 rings (SSSR count). The first kappa shape index (κ1) is 15.5. The monoisotopic (exact) mass is 349 g/mol. The number of ether oxygens (including phenoxy) is 1. The Labute approximate surface area is 156 Å². The number of rotatable bonds is 3. The van der Waals surface area contributed by atoms with Gasteiger partial charge in [-0.2, -0.15) is 0 Å². The van der Waals surface area contributed by atoms with Crippen molar-refractivity contribution in [2.75, 3.05) is 0 Å². The molecule has 4 nitrogen and oxygen atoms in total. The molecule has 5 aromatic rings. The summed E-state index contributed by atoms with van der Waals surface area (Å²) in [6.07, 6.45) is 1.79. The summed E-state index contributed by atoms with van der Waals surface area (Å²) in [5.41, 5.74) is 3.33. The fourth-order valence-electron chi connectivity index (χ4n) is 3.09. The quantitative estimate of drug-likeness (QED) is 0.396. The Bertz CT molecular complexity index is 1250. The zero-order chi connectivity index (χ0) is 18.1. The summed E-state index contributed by atoms with van der Waals surface area (Å²) >= 11 is 0. The van der Waals surface area contributed by atoms with Gasteiger partial charge in [0, 0.05) is 23.0 Å². The summed E-state index contributed by atoms with van der Waals surface area (Å²) in [4.78, 5) is 14.0. The van der Waals surface area contributed by atoms with E-state index in [0.717, 1.165) is 38.9 Å². The van der Waals surface area contributed by atoms with Crippen LogP contribution in [0, 0.1) is 0 Å². The number of hydrogen-bond donors (Lipinski definition) is 0. The number of pyridine rings is 3. The van der Waals surface area contributed by atoms with Gasteiger partial charge in [-0.1, -0.05) is 48.5 Å². The molecule has 3 heterocycles. The fraction of sp³-hybridized carbons (Fsp3) is 0. The van der Waals surface area contributed by atoms with Crippen LogP contribution in [-0.2, 0) is 0 Å². The zero-order valence-corrected chi connectivity index (χ0v) is 14.4. The van der Waals surface area contributed by atoms with Crippen molar-refractivity contribution in [1.82, 2.24) is 15.0 Å². The Balaban J connectivity index is 1.59. The minimum atomic E-state index is 0.539. The summed E-state index contributed by atoms with van der Waals surface area (Å²) in [6.45, 7) is 0. The maximum atomic E-state index is 5.85. The Morgan fingerprint density at radius 1 is 0.556 bits per heavy atom. The molecule has 0 aliphatic carbocycles. The molecule has 0 aliphatic rings. The van der Waals surface area contributed by atoms with E-state index in [9.17, 15) is 0 Å². The van der Waals surface area contributed by atoms with Crippen LogP contribution in [0.2, 0.25) is 0 Å². The molecule has 0 radical (unpaired) electrons. The third kappa shape index (κ3) is 2.98. The topological polar surface area (TPSA) is 47.9 Å². The Morgan fingerprint density at radius 3 is 2.22 bits per heavy atom. The molecule has 0 atom stereocenters. The van der Waals surface area contributed by atoms with Gasteiger partial charge in [0.1, 0.15) is 5.75 Å². The van der Waals surface area contributed by atoms with Crippen LogP contribution in [0.3, 0.4) is 0 Å². The Morgan fingerprint density at radius 2 is 1.33 bits per heavy atom. The van der Waals surface area contributed by atoms with Crippen molar-refractivity contribution in [3.8, 4) is 23.0 Å². The van der Waals surface area contributed by atoms with Crippen molar-refractivity contribution in [2.24, 2.45) is 0 Å².